The molecule has 2 rings (SSSR count). The predicted molar refractivity (Wildman–Crippen MR) is 72.7 cm³/mol. The molecule has 0 radical (unpaired) electrons. The van der Waals surface area contributed by atoms with Gasteiger partial charge in [-0.2, -0.15) is 0 Å². The van der Waals surface area contributed by atoms with E-state index in [0.717, 1.165) is 0 Å². The number of likely N-dealkylation sites (N-methyl/N-ethyl adjacent to an activating group) is 1. The van der Waals surface area contributed by atoms with Crippen molar-refractivity contribution in [2.45, 2.75) is 6.04 Å². The molecule has 1 atom stereocenters. The topological polar surface area (TPSA) is 84.0 Å². The molecular formula is C14H14N4O2. The number of benzene rings is 1. The van der Waals surface area contributed by atoms with Crippen LogP contribution in [-0.2, 0) is 4.79 Å². The van der Waals surface area contributed by atoms with Crippen molar-refractivity contribution in [3.05, 3.63) is 60.2 Å². The number of carbonyl (C=O) groups is 2. The summed E-state index contributed by atoms with van der Waals surface area (Å²) in [6.45, 7) is 0. The van der Waals surface area contributed by atoms with E-state index in [1.54, 1.807) is 24.3 Å². The van der Waals surface area contributed by atoms with Crippen LogP contribution in [0, 0.1) is 0 Å². The van der Waals surface area contributed by atoms with E-state index >= 15 is 0 Å². The van der Waals surface area contributed by atoms with Gasteiger partial charge in [-0.3, -0.25) is 14.6 Å². The molecule has 2 amide bonds. The van der Waals surface area contributed by atoms with Gasteiger partial charge in [0.1, 0.15) is 11.7 Å². The highest BCUT2D eigenvalue weighted by atomic mass is 16.2. The van der Waals surface area contributed by atoms with E-state index in [-0.39, 0.29) is 11.6 Å². The molecule has 0 aliphatic heterocycles. The van der Waals surface area contributed by atoms with Gasteiger partial charge < -0.3 is 10.6 Å². The van der Waals surface area contributed by atoms with Crippen molar-refractivity contribution in [2.75, 3.05) is 7.05 Å². The van der Waals surface area contributed by atoms with Crippen LogP contribution in [0.2, 0.25) is 0 Å². The van der Waals surface area contributed by atoms with E-state index < -0.39 is 11.9 Å². The fourth-order valence-electron chi connectivity index (χ4n) is 1.71. The zero-order valence-corrected chi connectivity index (χ0v) is 10.9. The molecule has 0 spiro atoms. The third-order valence-electron chi connectivity index (χ3n) is 2.71. The fraction of sp³-hybridized carbons (Fsp3) is 0.143. The Bertz CT molecular complexity index is 587. The minimum Gasteiger partial charge on any atom is -0.357 e. The monoisotopic (exact) mass is 270 g/mol. The number of hydrogen-bond acceptors (Lipinski definition) is 4. The number of amides is 2. The van der Waals surface area contributed by atoms with Crippen molar-refractivity contribution >= 4 is 11.8 Å². The van der Waals surface area contributed by atoms with Crippen molar-refractivity contribution in [3.63, 3.8) is 0 Å². The van der Waals surface area contributed by atoms with Gasteiger partial charge in [0.25, 0.3) is 5.91 Å². The summed E-state index contributed by atoms with van der Waals surface area (Å²) in [6, 6.07) is 8.23. The Morgan fingerprint density at radius 2 is 1.90 bits per heavy atom. The first-order chi connectivity index (χ1) is 9.72. The first-order valence-electron chi connectivity index (χ1n) is 6.06. The van der Waals surface area contributed by atoms with Gasteiger partial charge in [-0.1, -0.05) is 30.3 Å². The third kappa shape index (κ3) is 3.17. The van der Waals surface area contributed by atoms with Gasteiger partial charge in [-0.15, -0.1) is 0 Å². The minimum absolute atomic E-state index is 0.164. The summed E-state index contributed by atoms with van der Waals surface area (Å²) in [5.74, 6) is -0.746. The normalized spacial score (nSPS) is 11.4. The molecule has 0 saturated heterocycles. The number of nitrogens with zero attached hydrogens (tertiary/aromatic N) is 2. The summed E-state index contributed by atoms with van der Waals surface area (Å²) >= 11 is 0. The Balaban J connectivity index is 2.21. The van der Waals surface area contributed by atoms with Crippen LogP contribution in [0.5, 0.6) is 0 Å². The van der Waals surface area contributed by atoms with E-state index in [9.17, 15) is 9.59 Å². The smallest absolute Gasteiger partial charge is 0.272 e. The largest absolute Gasteiger partial charge is 0.357 e. The van der Waals surface area contributed by atoms with Gasteiger partial charge in [-0.25, -0.2) is 4.98 Å². The summed E-state index contributed by atoms with van der Waals surface area (Å²) in [6.07, 6.45) is 4.25. The van der Waals surface area contributed by atoms with Crippen molar-refractivity contribution < 1.29 is 9.59 Å². The highest BCUT2D eigenvalue weighted by Crippen LogP contribution is 2.13. The molecule has 1 aromatic carbocycles. The zero-order valence-electron chi connectivity index (χ0n) is 10.9. The van der Waals surface area contributed by atoms with Gasteiger partial charge in [0.2, 0.25) is 5.91 Å². The van der Waals surface area contributed by atoms with Crippen molar-refractivity contribution in [1.82, 2.24) is 20.6 Å². The van der Waals surface area contributed by atoms with Crippen molar-refractivity contribution in [3.8, 4) is 0 Å². The average Bonchev–Trinajstić information content (AvgIpc) is 2.53. The van der Waals surface area contributed by atoms with Crippen LogP contribution in [0.1, 0.15) is 22.1 Å². The second-order valence-corrected chi connectivity index (χ2v) is 4.02. The molecule has 6 heteroatoms. The van der Waals surface area contributed by atoms with E-state index in [2.05, 4.69) is 20.6 Å². The lowest BCUT2D eigenvalue weighted by Gasteiger charge is -2.17. The van der Waals surface area contributed by atoms with Crippen LogP contribution in [-0.4, -0.2) is 28.8 Å². The quantitative estimate of drug-likeness (QED) is 0.856. The van der Waals surface area contributed by atoms with Crippen LogP contribution in [0.25, 0.3) is 0 Å². The predicted octanol–water partition coefficient (Wildman–Crippen LogP) is 0.694. The molecule has 0 saturated carbocycles. The average molecular weight is 270 g/mol. The van der Waals surface area contributed by atoms with Gasteiger partial charge in [0, 0.05) is 19.4 Å². The molecule has 0 aliphatic carbocycles. The lowest BCUT2D eigenvalue weighted by Crippen LogP contribution is -2.39. The van der Waals surface area contributed by atoms with E-state index in [0.29, 0.717) is 5.56 Å². The third-order valence-corrected chi connectivity index (χ3v) is 2.71. The molecule has 0 aliphatic rings. The lowest BCUT2D eigenvalue weighted by molar-refractivity contribution is -0.122. The second kappa shape index (κ2) is 6.42. The van der Waals surface area contributed by atoms with E-state index in [4.69, 9.17) is 0 Å². The number of rotatable bonds is 4. The van der Waals surface area contributed by atoms with Gasteiger partial charge >= 0.3 is 0 Å². The molecular weight excluding hydrogens is 256 g/mol. The summed E-state index contributed by atoms with van der Waals surface area (Å²) in [5, 5.41) is 5.18. The lowest BCUT2D eigenvalue weighted by atomic mass is 10.1. The van der Waals surface area contributed by atoms with Crippen LogP contribution < -0.4 is 10.6 Å². The highest BCUT2D eigenvalue weighted by molar-refractivity contribution is 5.96. The van der Waals surface area contributed by atoms with Crippen molar-refractivity contribution in [1.29, 1.82) is 0 Å². The number of aromatic nitrogens is 2. The molecule has 6 nitrogen and oxygen atoms in total. The molecule has 1 aromatic heterocycles. The van der Waals surface area contributed by atoms with Crippen LogP contribution in [0.15, 0.2) is 48.9 Å². The number of nitrogens with one attached hydrogen (secondary N) is 2. The second-order valence-electron chi connectivity index (χ2n) is 4.02. The zero-order chi connectivity index (χ0) is 14.4. The Morgan fingerprint density at radius 3 is 2.50 bits per heavy atom. The summed E-state index contributed by atoms with van der Waals surface area (Å²) < 4.78 is 0. The molecule has 0 fully saturated rings. The Morgan fingerprint density at radius 1 is 1.15 bits per heavy atom. The molecule has 2 N–H and O–H groups in total. The van der Waals surface area contributed by atoms with Crippen molar-refractivity contribution in [2.24, 2.45) is 0 Å². The Kier molecular flexibility index (Phi) is 4.39. The first kappa shape index (κ1) is 13.7. The van der Waals surface area contributed by atoms with Crippen LogP contribution >= 0.6 is 0 Å². The standard InChI is InChI=1S/C14H14N4O2/c1-15-14(20)12(10-5-3-2-4-6-10)18-13(19)11-9-16-7-8-17-11/h2-9,12H,1H3,(H,15,20)(H,18,19). The van der Waals surface area contributed by atoms with E-state index in [1.807, 2.05) is 6.07 Å². The number of carbonyl (C=O) groups excluding carboxylic acids is 2. The number of hydrogen-bond donors (Lipinski definition) is 2. The molecule has 2 aromatic rings. The van der Waals surface area contributed by atoms with Gasteiger partial charge in [0.15, 0.2) is 0 Å². The summed E-state index contributed by atoms with van der Waals surface area (Å²) in [7, 11) is 1.52. The van der Waals surface area contributed by atoms with Crippen LogP contribution in [0.4, 0.5) is 0 Å². The molecule has 102 valence electrons. The highest BCUT2D eigenvalue weighted by Gasteiger charge is 2.22. The molecule has 20 heavy (non-hydrogen) atoms. The maximum absolute atomic E-state index is 12.1. The Labute approximate surface area is 116 Å². The summed E-state index contributed by atoms with van der Waals surface area (Å²) in [4.78, 5) is 31.7. The minimum atomic E-state index is -0.768. The van der Waals surface area contributed by atoms with Gasteiger partial charge in [-0.05, 0) is 5.56 Å². The van der Waals surface area contributed by atoms with E-state index in [1.165, 1.54) is 25.6 Å². The van der Waals surface area contributed by atoms with Crippen LogP contribution in [0.3, 0.4) is 0 Å². The van der Waals surface area contributed by atoms with Gasteiger partial charge in [0.05, 0.1) is 6.20 Å². The molecule has 1 heterocycles. The fourth-order valence-corrected chi connectivity index (χ4v) is 1.71. The Hall–Kier alpha value is -2.76. The maximum Gasteiger partial charge on any atom is 0.272 e. The summed E-state index contributed by atoms with van der Waals surface area (Å²) in [5.41, 5.74) is 0.862. The first-order valence-corrected chi connectivity index (χ1v) is 6.06. The molecule has 1 unspecified atom stereocenters. The maximum atomic E-state index is 12.1. The SMILES string of the molecule is CNC(=O)C(NC(=O)c1cnccn1)c1ccccc1. The molecule has 0 bridgehead atoms.